The number of halogens is 3. The van der Waals surface area contributed by atoms with Crippen LogP contribution >= 0.6 is 23.2 Å². The molecule has 1 aromatic heterocycles. The number of hydrogen-bond donors (Lipinski definition) is 1. The Kier molecular flexibility index (Phi) is 5.69. The lowest BCUT2D eigenvalue weighted by Crippen LogP contribution is -2.41. The molecule has 1 unspecified atom stereocenters. The third-order valence-corrected chi connectivity index (χ3v) is 5.51. The van der Waals surface area contributed by atoms with E-state index in [0.29, 0.717) is 46.1 Å². The fraction of sp³-hybridized carbons (Fsp3) is 0.250. The van der Waals surface area contributed by atoms with Crippen LogP contribution in [0, 0.1) is 5.82 Å². The Labute approximate surface area is 176 Å². The van der Waals surface area contributed by atoms with Crippen molar-refractivity contribution in [2.75, 3.05) is 18.4 Å². The monoisotopic (exact) mass is 434 g/mol. The minimum atomic E-state index is -0.326. The highest BCUT2D eigenvalue weighted by Crippen LogP contribution is 2.29. The Morgan fingerprint density at radius 3 is 2.72 bits per heavy atom. The Bertz CT molecular complexity index is 1030. The van der Waals surface area contributed by atoms with Crippen molar-refractivity contribution in [3.63, 3.8) is 0 Å². The van der Waals surface area contributed by atoms with Crippen molar-refractivity contribution in [3.8, 4) is 11.4 Å². The number of carbonyl (C=O) groups is 1. The van der Waals surface area contributed by atoms with Crippen LogP contribution in [0.5, 0.6) is 0 Å². The first-order valence-electron chi connectivity index (χ1n) is 9.10. The standard InChI is InChI=1S/C20H17Cl2FN4O2/c21-16-8-7-15(10-17(16)22)24-20(28)27-9-1-2-13(11-27)19-25-18(26-29-19)12-3-5-14(23)6-4-12/h3-8,10,13H,1-2,9,11H2,(H,24,28). The van der Waals surface area contributed by atoms with Crippen molar-refractivity contribution in [3.05, 3.63) is 64.2 Å². The van der Waals surface area contributed by atoms with Crippen LogP contribution in [0.4, 0.5) is 14.9 Å². The molecular formula is C20H17Cl2FN4O2. The lowest BCUT2D eigenvalue weighted by molar-refractivity contribution is 0.184. The normalized spacial score (nSPS) is 16.7. The van der Waals surface area contributed by atoms with Crippen molar-refractivity contribution < 1.29 is 13.7 Å². The topological polar surface area (TPSA) is 71.3 Å². The van der Waals surface area contributed by atoms with Crippen molar-refractivity contribution in [1.29, 1.82) is 0 Å². The first-order chi connectivity index (χ1) is 14.0. The summed E-state index contributed by atoms with van der Waals surface area (Å²) >= 11 is 11.9. The smallest absolute Gasteiger partial charge is 0.321 e. The second-order valence-electron chi connectivity index (χ2n) is 6.81. The molecule has 1 aliphatic rings. The van der Waals surface area contributed by atoms with Gasteiger partial charge < -0.3 is 14.7 Å². The number of rotatable bonds is 3. The fourth-order valence-corrected chi connectivity index (χ4v) is 3.55. The second kappa shape index (κ2) is 8.39. The molecule has 1 N–H and O–H groups in total. The van der Waals surface area contributed by atoms with Gasteiger partial charge in [-0.25, -0.2) is 9.18 Å². The van der Waals surface area contributed by atoms with Crippen LogP contribution in [0.3, 0.4) is 0 Å². The average molecular weight is 435 g/mol. The van der Waals surface area contributed by atoms with Gasteiger partial charge in [0.1, 0.15) is 5.82 Å². The minimum Gasteiger partial charge on any atom is -0.339 e. The maximum atomic E-state index is 13.1. The van der Waals surface area contributed by atoms with E-state index in [1.54, 1.807) is 35.2 Å². The van der Waals surface area contributed by atoms with Gasteiger partial charge in [0, 0.05) is 24.3 Å². The summed E-state index contributed by atoms with van der Waals surface area (Å²) in [6, 6.07) is 10.6. The van der Waals surface area contributed by atoms with E-state index in [1.807, 2.05) is 0 Å². The van der Waals surface area contributed by atoms with E-state index in [0.717, 1.165) is 12.8 Å². The largest absolute Gasteiger partial charge is 0.339 e. The number of nitrogens with one attached hydrogen (secondary N) is 1. The van der Waals surface area contributed by atoms with Gasteiger partial charge in [-0.15, -0.1) is 0 Å². The van der Waals surface area contributed by atoms with Crippen molar-refractivity contribution >= 4 is 34.9 Å². The summed E-state index contributed by atoms with van der Waals surface area (Å²) < 4.78 is 18.5. The van der Waals surface area contributed by atoms with Crippen LogP contribution in [0.25, 0.3) is 11.4 Å². The molecule has 0 radical (unpaired) electrons. The van der Waals surface area contributed by atoms with Crippen LogP contribution in [0.15, 0.2) is 47.0 Å². The molecule has 2 heterocycles. The number of carbonyl (C=O) groups excluding carboxylic acids is 1. The van der Waals surface area contributed by atoms with Gasteiger partial charge in [0.25, 0.3) is 0 Å². The predicted octanol–water partition coefficient (Wildman–Crippen LogP) is 5.59. The van der Waals surface area contributed by atoms with E-state index < -0.39 is 0 Å². The maximum Gasteiger partial charge on any atom is 0.321 e. The summed E-state index contributed by atoms with van der Waals surface area (Å²) in [5.74, 6) is 0.479. The SMILES string of the molecule is O=C(Nc1ccc(Cl)c(Cl)c1)N1CCCC(c2nc(-c3ccc(F)cc3)no2)C1. The number of piperidine rings is 1. The number of nitrogens with zero attached hydrogens (tertiary/aromatic N) is 3. The lowest BCUT2D eigenvalue weighted by atomic mass is 9.98. The molecule has 150 valence electrons. The van der Waals surface area contributed by atoms with Crippen LogP contribution in [-0.2, 0) is 0 Å². The molecule has 0 bridgehead atoms. The van der Waals surface area contributed by atoms with Crippen molar-refractivity contribution in [1.82, 2.24) is 15.0 Å². The Morgan fingerprint density at radius 1 is 1.17 bits per heavy atom. The third kappa shape index (κ3) is 4.52. The molecule has 4 rings (SSSR count). The molecule has 0 aliphatic carbocycles. The van der Waals surface area contributed by atoms with Gasteiger partial charge in [0.15, 0.2) is 0 Å². The van der Waals surface area contributed by atoms with Gasteiger partial charge in [0.2, 0.25) is 11.7 Å². The molecule has 3 aromatic rings. The van der Waals surface area contributed by atoms with Gasteiger partial charge >= 0.3 is 6.03 Å². The molecule has 6 nitrogen and oxygen atoms in total. The fourth-order valence-electron chi connectivity index (χ4n) is 3.26. The molecule has 9 heteroatoms. The third-order valence-electron chi connectivity index (χ3n) is 4.77. The summed E-state index contributed by atoms with van der Waals surface area (Å²) in [4.78, 5) is 18.8. The van der Waals surface area contributed by atoms with E-state index in [1.165, 1.54) is 12.1 Å². The minimum absolute atomic E-state index is 0.0648. The van der Waals surface area contributed by atoms with Gasteiger partial charge in [-0.2, -0.15) is 4.98 Å². The molecule has 0 saturated carbocycles. The molecule has 1 saturated heterocycles. The number of benzene rings is 2. The highest BCUT2D eigenvalue weighted by molar-refractivity contribution is 6.42. The zero-order chi connectivity index (χ0) is 20.4. The quantitative estimate of drug-likeness (QED) is 0.582. The molecule has 2 amide bonds. The zero-order valence-electron chi connectivity index (χ0n) is 15.2. The molecule has 1 aliphatic heterocycles. The summed E-state index contributed by atoms with van der Waals surface area (Å²) in [5.41, 5.74) is 1.24. The van der Waals surface area contributed by atoms with E-state index >= 15 is 0 Å². The highest BCUT2D eigenvalue weighted by Gasteiger charge is 2.29. The van der Waals surface area contributed by atoms with Gasteiger partial charge in [-0.05, 0) is 55.3 Å². The molecule has 0 spiro atoms. The van der Waals surface area contributed by atoms with E-state index in [9.17, 15) is 9.18 Å². The average Bonchev–Trinajstić information content (AvgIpc) is 3.22. The summed E-state index contributed by atoms with van der Waals surface area (Å²) in [6.07, 6.45) is 1.65. The number of amides is 2. The van der Waals surface area contributed by atoms with E-state index in [4.69, 9.17) is 27.7 Å². The summed E-state index contributed by atoms with van der Waals surface area (Å²) in [5, 5.41) is 7.62. The number of urea groups is 1. The first-order valence-corrected chi connectivity index (χ1v) is 9.86. The van der Waals surface area contributed by atoms with E-state index in [2.05, 4.69) is 15.5 Å². The van der Waals surface area contributed by atoms with Gasteiger partial charge in [-0.1, -0.05) is 28.4 Å². The lowest BCUT2D eigenvalue weighted by Gasteiger charge is -2.31. The van der Waals surface area contributed by atoms with Crippen LogP contribution < -0.4 is 5.32 Å². The predicted molar refractivity (Wildman–Crippen MR) is 109 cm³/mol. The number of aromatic nitrogens is 2. The van der Waals surface area contributed by atoms with Crippen LogP contribution in [-0.4, -0.2) is 34.2 Å². The number of hydrogen-bond acceptors (Lipinski definition) is 4. The molecule has 2 aromatic carbocycles. The van der Waals surface area contributed by atoms with Crippen molar-refractivity contribution in [2.45, 2.75) is 18.8 Å². The Hall–Kier alpha value is -2.64. The first kappa shape index (κ1) is 19.7. The van der Waals surface area contributed by atoms with E-state index in [-0.39, 0.29) is 17.8 Å². The maximum absolute atomic E-state index is 13.1. The zero-order valence-corrected chi connectivity index (χ0v) is 16.8. The molecule has 29 heavy (non-hydrogen) atoms. The highest BCUT2D eigenvalue weighted by atomic mass is 35.5. The molecular weight excluding hydrogens is 418 g/mol. The van der Waals surface area contributed by atoms with Crippen LogP contribution in [0.1, 0.15) is 24.7 Å². The second-order valence-corrected chi connectivity index (χ2v) is 7.62. The van der Waals surface area contributed by atoms with Crippen molar-refractivity contribution in [2.24, 2.45) is 0 Å². The molecule has 1 fully saturated rings. The summed E-state index contributed by atoms with van der Waals surface area (Å²) in [7, 11) is 0. The number of likely N-dealkylation sites (tertiary alicyclic amines) is 1. The summed E-state index contributed by atoms with van der Waals surface area (Å²) in [6.45, 7) is 1.08. The van der Waals surface area contributed by atoms with Gasteiger partial charge in [0.05, 0.1) is 16.0 Å². The van der Waals surface area contributed by atoms with Crippen LogP contribution in [0.2, 0.25) is 10.0 Å². The Morgan fingerprint density at radius 2 is 1.97 bits per heavy atom. The Balaban J connectivity index is 1.43. The van der Waals surface area contributed by atoms with Gasteiger partial charge in [-0.3, -0.25) is 0 Å². The number of anilines is 1. The molecule has 1 atom stereocenters.